The molecule has 6 rings (SSSR count). The Morgan fingerprint density at radius 1 is 0.930 bits per heavy atom. The summed E-state index contributed by atoms with van der Waals surface area (Å²) in [5.41, 5.74) is 7.34. The fraction of sp³-hybridized carbons (Fsp3) is 0.219. The Bertz CT molecular complexity index is 1940. The molecule has 1 amide bonds. The number of anilines is 2. The fourth-order valence-corrected chi connectivity index (χ4v) is 4.85. The van der Waals surface area contributed by atoms with Crippen molar-refractivity contribution in [3.05, 3.63) is 73.1 Å². The minimum atomic E-state index is -0.342. The molecule has 218 valence electrons. The second-order valence-corrected chi connectivity index (χ2v) is 11.1. The normalized spacial score (nSPS) is 11.6. The van der Waals surface area contributed by atoms with Crippen molar-refractivity contribution in [2.45, 2.75) is 13.8 Å². The van der Waals surface area contributed by atoms with Crippen molar-refractivity contribution in [1.29, 1.82) is 0 Å². The number of halogens is 1. The highest BCUT2D eigenvalue weighted by molar-refractivity contribution is 5.98. The molecule has 0 aliphatic rings. The second-order valence-electron chi connectivity index (χ2n) is 11.1. The van der Waals surface area contributed by atoms with E-state index < -0.39 is 0 Å². The Balaban J connectivity index is 1.36. The summed E-state index contributed by atoms with van der Waals surface area (Å²) in [4.78, 5) is 31.2. The molecule has 10 nitrogen and oxygen atoms in total. The van der Waals surface area contributed by atoms with E-state index in [-0.39, 0.29) is 17.6 Å². The van der Waals surface area contributed by atoms with E-state index in [1.54, 1.807) is 24.8 Å². The van der Waals surface area contributed by atoms with Crippen LogP contribution in [0.15, 0.2) is 67.3 Å². The fourth-order valence-electron chi connectivity index (χ4n) is 4.85. The van der Waals surface area contributed by atoms with Crippen molar-refractivity contribution in [1.82, 2.24) is 35.0 Å². The molecule has 0 saturated heterocycles. The number of nitrogens with zero attached hydrogens (tertiary/aromatic N) is 5. The average molecular weight is 578 g/mol. The lowest BCUT2D eigenvalue weighted by Gasteiger charge is -2.12. The third kappa shape index (κ3) is 5.93. The average Bonchev–Trinajstić information content (AvgIpc) is 3.60. The molecule has 0 aliphatic heterocycles. The first-order valence-electron chi connectivity index (χ1n) is 14.0. The molecular formula is C32H32FN9O. The van der Waals surface area contributed by atoms with Gasteiger partial charge in [0.15, 0.2) is 5.82 Å². The number of H-pyrrole nitrogens is 2. The molecular weight excluding hydrogens is 545 g/mol. The van der Waals surface area contributed by atoms with E-state index in [1.807, 2.05) is 58.3 Å². The van der Waals surface area contributed by atoms with Crippen molar-refractivity contribution in [2.75, 3.05) is 37.8 Å². The Labute approximate surface area is 247 Å². The van der Waals surface area contributed by atoms with Crippen molar-refractivity contribution in [2.24, 2.45) is 5.92 Å². The highest BCUT2D eigenvalue weighted by Gasteiger charge is 2.17. The van der Waals surface area contributed by atoms with Crippen LogP contribution in [0.2, 0.25) is 0 Å². The number of carbonyl (C=O) groups excluding carboxylic acids is 1. The van der Waals surface area contributed by atoms with Crippen LogP contribution in [0.25, 0.3) is 55.7 Å². The summed E-state index contributed by atoms with van der Waals surface area (Å²) in [6, 6.07) is 12.7. The number of hydrogen-bond donors (Lipinski definition) is 4. The van der Waals surface area contributed by atoms with Crippen LogP contribution in [0.5, 0.6) is 0 Å². The van der Waals surface area contributed by atoms with E-state index in [1.165, 1.54) is 12.1 Å². The number of aromatic nitrogens is 6. The van der Waals surface area contributed by atoms with Gasteiger partial charge in [0, 0.05) is 53.6 Å². The minimum Gasteiger partial charge on any atom is -0.384 e. The first-order valence-corrected chi connectivity index (χ1v) is 14.0. The molecule has 4 N–H and O–H groups in total. The lowest BCUT2D eigenvalue weighted by atomic mass is 10.0. The van der Waals surface area contributed by atoms with Crippen LogP contribution in [-0.4, -0.2) is 68.1 Å². The van der Waals surface area contributed by atoms with Crippen molar-refractivity contribution >= 4 is 39.2 Å². The van der Waals surface area contributed by atoms with Gasteiger partial charge in [-0.05, 0) is 61.6 Å². The van der Waals surface area contributed by atoms with Gasteiger partial charge in [0.05, 0.1) is 34.6 Å². The number of imidazole rings is 1. The largest absolute Gasteiger partial charge is 0.384 e. The molecule has 0 saturated carbocycles. The van der Waals surface area contributed by atoms with Crippen LogP contribution in [0.4, 0.5) is 15.8 Å². The third-order valence-electron chi connectivity index (χ3n) is 7.14. The molecule has 6 aromatic rings. The van der Waals surface area contributed by atoms with Gasteiger partial charge in [-0.1, -0.05) is 19.9 Å². The zero-order valence-electron chi connectivity index (χ0n) is 24.4. The Kier molecular flexibility index (Phi) is 7.56. The number of aromatic amines is 2. The third-order valence-corrected chi connectivity index (χ3v) is 7.14. The lowest BCUT2D eigenvalue weighted by molar-refractivity contribution is -0.118. The van der Waals surface area contributed by atoms with Crippen LogP contribution < -0.4 is 10.6 Å². The first kappa shape index (κ1) is 28.0. The van der Waals surface area contributed by atoms with Gasteiger partial charge in [0.25, 0.3) is 0 Å². The van der Waals surface area contributed by atoms with E-state index in [4.69, 9.17) is 4.98 Å². The van der Waals surface area contributed by atoms with Gasteiger partial charge >= 0.3 is 0 Å². The number of amides is 1. The maximum absolute atomic E-state index is 14.7. The summed E-state index contributed by atoms with van der Waals surface area (Å²) in [5, 5.41) is 14.7. The van der Waals surface area contributed by atoms with Gasteiger partial charge in [-0.3, -0.25) is 19.9 Å². The number of nitrogens with one attached hydrogen (secondary N) is 4. The molecule has 0 bridgehead atoms. The van der Waals surface area contributed by atoms with E-state index in [2.05, 4.69) is 40.7 Å². The number of hydrogen-bond acceptors (Lipinski definition) is 7. The number of pyridine rings is 2. The predicted molar refractivity (Wildman–Crippen MR) is 168 cm³/mol. The van der Waals surface area contributed by atoms with Crippen LogP contribution >= 0.6 is 0 Å². The van der Waals surface area contributed by atoms with Gasteiger partial charge in [-0.2, -0.15) is 5.10 Å². The summed E-state index contributed by atoms with van der Waals surface area (Å²) in [6.07, 6.45) is 6.79. The van der Waals surface area contributed by atoms with Crippen LogP contribution in [0.3, 0.4) is 0 Å². The molecule has 0 radical (unpaired) electrons. The molecule has 11 heteroatoms. The quantitative estimate of drug-likeness (QED) is 0.168. The van der Waals surface area contributed by atoms with Gasteiger partial charge in [-0.15, -0.1) is 0 Å². The molecule has 0 atom stereocenters. The van der Waals surface area contributed by atoms with E-state index in [0.29, 0.717) is 51.6 Å². The first-order chi connectivity index (χ1) is 20.7. The standard InChI is InChI=1S/C32H32FN9O/c1-18(2)32(43)37-24-11-21(14-34-15-24)19-5-6-27-25(12-19)30(41-40-27)31-38-28-17-35-16-26(29(28)39-31)20-9-22(33)13-23(10-20)36-7-8-42(3)4/h5-6,9-18,36H,7-8H2,1-4H3,(H,37,43)(H,38,39)(H,40,41). The summed E-state index contributed by atoms with van der Waals surface area (Å²) in [5.74, 6) is 0.0104. The van der Waals surface area contributed by atoms with Gasteiger partial charge in [0.2, 0.25) is 5.91 Å². The molecule has 4 aromatic heterocycles. The topological polar surface area (TPSA) is 128 Å². The summed E-state index contributed by atoms with van der Waals surface area (Å²) < 4.78 is 14.7. The number of likely N-dealkylation sites (N-methyl/N-ethyl adjacent to an activating group) is 1. The monoisotopic (exact) mass is 577 g/mol. The SMILES string of the molecule is CC(C)C(=O)Nc1cncc(-c2ccc3[nH]nc(-c4nc5c(-c6cc(F)cc(NCCN(C)C)c6)cncc5[nH]4)c3c2)c1. The van der Waals surface area contributed by atoms with Crippen LogP contribution in [-0.2, 0) is 4.79 Å². The number of benzene rings is 2. The molecule has 4 heterocycles. The molecule has 0 aliphatic carbocycles. The van der Waals surface area contributed by atoms with Gasteiger partial charge < -0.3 is 20.5 Å². The summed E-state index contributed by atoms with van der Waals surface area (Å²) >= 11 is 0. The van der Waals surface area contributed by atoms with Gasteiger partial charge in [-0.25, -0.2) is 9.37 Å². The number of carbonyl (C=O) groups is 1. The van der Waals surface area contributed by atoms with Crippen LogP contribution in [0.1, 0.15) is 13.8 Å². The molecule has 0 spiro atoms. The van der Waals surface area contributed by atoms with Crippen molar-refractivity contribution in [3.8, 4) is 33.8 Å². The van der Waals surface area contributed by atoms with Crippen molar-refractivity contribution in [3.63, 3.8) is 0 Å². The lowest BCUT2D eigenvalue weighted by Crippen LogP contribution is -2.20. The van der Waals surface area contributed by atoms with E-state index in [0.717, 1.165) is 28.6 Å². The van der Waals surface area contributed by atoms with Crippen molar-refractivity contribution < 1.29 is 9.18 Å². The zero-order chi connectivity index (χ0) is 30.1. The number of fused-ring (bicyclic) bond motifs is 2. The minimum absolute atomic E-state index is 0.0691. The zero-order valence-corrected chi connectivity index (χ0v) is 24.4. The summed E-state index contributed by atoms with van der Waals surface area (Å²) in [7, 11) is 3.99. The highest BCUT2D eigenvalue weighted by atomic mass is 19.1. The van der Waals surface area contributed by atoms with E-state index in [9.17, 15) is 9.18 Å². The predicted octanol–water partition coefficient (Wildman–Crippen LogP) is 5.94. The molecule has 2 aromatic carbocycles. The second kappa shape index (κ2) is 11.6. The number of rotatable bonds is 9. The summed E-state index contributed by atoms with van der Waals surface area (Å²) in [6.45, 7) is 5.20. The Morgan fingerprint density at radius 3 is 2.56 bits per heavy atom. The van der Waals surface area contributed by atoms with Crippen LogP contribution in [0, 0.1) is 11.7 Å². The molecule has 43 heavy (non-hydrogen) atoms. The Hall–Kier alpha value is -5.16. The maximum atomic E-state index is 14.7. The molecule has 0 unspecified atom stereocenters. The van der Waals surface area contributed by atoms with Gasteiger partial charge in [0.1, 0.15) is 11.5 Å². The maximum Gasteiger partial charge on any atom is 0.226 e. The smallest absolute Gasteiger partial charge is 0.226 e. The van der Waals surface area contributed by atoms with E-state index >= 15 is 0 Å². The molecule has 0 fully saturated rings. The highest BCUT2D eigenvalue weighted by Crippen LogP contribution is 2.34. The Morgan fingerprint density at radius 2 is 1.74 bits per heavy atom.